The molecule has 3 nitrogen and oxygen atoms in total. The molecule has 4 heteroatoms. The van der Waals surface area contributed by atoms with Gasteiger partial charge in [0, 0.05) is 6.61 Å². The molecule has 11 heavy (non-hydrogen) atoms. The standard InChI is InChI=1S/C7H12O3S/c1-5-4-11(8,9)6-2-3-10-7(5)6/h5-7H,2-4H2,1H3. The summed E-state index contributed by atoms with van der Waals surface area (Å²) in [6.07, 6.45) is 0.706. The fourth-order valence-corrected chi connectivity index (χ4v) is 4.47. The fourth-order valence-electron chi connectivity index (χ4n) is 2.09. The zero-order chi connectivity index (χ0) is 8.06. The Morgan fingerprint density at radius 3 is 2.82 bits per heavy atom. The molecule has 0 bridgehead atoms. The van der Waals surface area contributed by atoms with Crippen molar-refractivity contribution in [3.05, 3.63) is 0 Å². The average molecular weight is 176 g/mol. The minimum Gasteiger partial charge on any atom is -0.377 e. The summed E-state index contributed by atoms with van der Waals surface area (Å²) in [6, 6.07) is 0. The summed E-state index contributed by atoms with van der Waals surface area (Å²) in [6.45, 7) is 2.58. The van der Waals surface area contributed by atoms with E-state index in [9.17, 15) is 8.42 Å². The van der Waals surface area contributed by atoms with Crippen molar-refractivity contribution < 1.29 is 13.2 Å². The maximum absolute atomic E-state index is 11.4. The van der Waals surface area contributed by atoms with Gasteiger partial charge < -0.3 is 4.74 Å². The van der Waals surface area contributed by atoms with E-state index in [1.807, 2.05) is 6.92 Å². The van der Waals surface area contributed by atoms with E-state index in [0.717, 1.165) is 0 Å². The molecule has 0 radical (unpaired) electrons. The van der Waals surface area contributed by atoms with Crippen molar-refractivity contribution in [2.45, 2.75) is 24.7 Å². The summed E-state index contributed by atoms with van der Waals surface area (Å²) in [5, 5.41) is -0.183. The van der Waals surface area contributed by atoms with E-state index in [4.69, 9.17) is 4.74 Å². The third kappa shape index (κ3) is 0.999. The third-order valence-electron chi connectivity index (χ3n) is 2.60. The first-order valence-electron chi connectivity index (χ1n) is 3.94. The molecule has 2 heterocycles. The van der Waals surface area contributed by atoms with E-state index in [-0.39, 0.29) is 17.3 Å². The van der Waals surface area contributed by atoms with Crippen molar-refractivity contribution in [1.82, 2.24) is 0 Å². The molecule has 0 aromatic carbocycles. The normalized spacial score (nSPS) is 47.5. The van der Waals surface area contributed by atoms with Crippen LogP contribution >= 0.6 is 0 Å². The number of sulfone groups is 1. The summed E-state index contributed by atoms with van der Waals surface area (Å²) in [5.41, 5.74) is 0. The minimum atomic E-state index is -2.80. The summed E-state index contributed by atoms with van der Waals surface area (Å²) < 4.78 is 28.1. The largest absolute Gasteiger partial charge is 0.377 e. The Balaban J connectivity index is 2.35. The zero-order valence-corrected chi connectivity index (χ0v) is 7.30. The first-order chi connectivity index (χ1) is 5.11. The van der Waals surface area contributed by atoms with Crippen LogP contribution in [0.3, 0.4) is 0 Å². The predicted molar refractivity (Wildman–Crippen MR) is 41.1 cm³/mol. The molecule has 3 atom stereocenters. The Kier molecular flexibility index (Phi) is 1.51. The van der Waals surface area contributed by atoms with Crippen molar-refractivity contribution in [2.75, 3.05) is 12.4 Å². The molecule has 2 rings (SSSR count). The molecule has 0 saturated carbocycles. The molecule has 0 spiro atoms. The van der Waals surface area contributed by atoms with Gasteiger partial charge in [-0.05, 0) is 12.3 Å². The van der Waals surface area contributed by atoms with Crippen LogP contribution < -0.4 is 0 Å². The molecule has 0 aromatic heterocycles. The van der Waals surface area contributed by atoms with Gasteiger partial charge in [-0.25, -0.2) is 8.42 Å². The van der Waals surface area contributed by atoms with Gasteiger partial charge in [-0.3, -0.25) is 0 Å². The van der Waals surface area contributed by atoms with Gasteiger partial charge in [-0.15, -0.1) is 0 Å². The quantitative estimate of drug-likeness (QED) is 0.530. The summed E-state index contributed by atoms with van der Waals surface area (Å²) in [7, 11) is -2.80. The molecule has 0 aliphatic carbocycles. The van der Waals surface area contributed by atoms with E-state index in [0.29, 0.717) is 18.8 Å². The highest BCUT2D eigenvalue weighted by molar-refractivity contribution is 7.92. The molecular formula is C7H12O3S. The lowest BCUT2D eigenvalue weighted by atomic mass is 10.1. The van der Waals surface area contributed by atoms with Crippen LogP contribution in [0.25, 0.3) is 0 Å². The lowest BCUT2D eigenvalue weighted by molar-refractivity contribution is 0.0842. The second kappa shape index (κ2) is 2.20. The Hall–Kier alpha value is -0.0900. The van der Waals surface area contributed by atoms with Gasteiger partial charge in [-0.2, -0.15) is 0 Å². The maximum Gasteiger partial charge on any atom is 0.156 e. The molecule has 2 saturated heterocycles. The van der Waals surface area contributed by atoms with Crippen molar-refractivity contribution in [3.63, 3.8) is 0 Å². The van der Waals surface area contributed by atoms with Crippen LogP contribution in [0.1, 0.15) is 13.3 Å². The second-order valence-corrected chi connectivity index (χ2v) is 5.73. The Morgan fingerprint density at radius 2 is 2.18 bits per heavy atom. The zero-order valence-electron chi connectivity index (χ0n) is 6.49. The van der Waals surface area contributed by atoms with Crippen LogP contribution in [0.2, 0.25) is 0 Å². The van der Waals surface area contributed by atoms with Crippen LogP contribution in [0.4, 0.5) is 0 Å². The topological polar surface area (TPSA) is 43.4 Å². The number of hydrogen-bond acceptors (Lipinski definition) is 3. The Bertz CT molecular complexity index is 257. The lowest BCUT2D eigenvalue weighted by Gasteiger charge is -2.09. The molecule has 2 aliphatic heterocycles. The number of rotatable bonds is 0. The van der Waals surface area contributed by atoms with Crippen LogP contribution in [0, 0.1) is 5.92 Å². The van der Waals surface area contributed by atoms with Crippen LogP contribution in [-0.2, 0) is 14.6 Å². The first kappa shape index (κ1) is 7.55. The molecular weight excluding hydrogens is 164 g/mol. The second-order valence-electron chi connectivity index (χ2n) is 3.47. The van der Waals surface area contributed by atoms with Crippen LogP contribution in [-0.4, -0.2) is 32.1 Å². The monoisotopic (exact) mass is 176 g/mol. The third-order valence-corrected chi connectivity index (χ3v) is 5.01. The highest BCUT2D eigenvalue weighted by Crippen LogP contribution is 2.34. The van der Waals surface area contributed by atoms with Gasteiger partial charge in [0.05, 0.1) is 17.1 Å². The first-order valence-corrected chi connectivity index (χ1v) is 5.66. The van der Waals surface area contributed by atoms with Gasteiger partial charge in [0.25, 0.3) is 0 Å². The maximum atomic E-state index is 11.4. The van der Waals surface area contributed by atoms with Crippen LogP contribution in [0.5, 0.6) is 0 Å². The predicted octanol–water partition coefficient (Wildman–Crippen LogP) is 0.208. The summed E-state index contributed by atoms with van der Waals surface area (Å²) >= 11 is 0. The number of hydrogen-bond donors (Lipinski definition) is 0. The minimum absolute atomic E-state index is 0.000000000000000222. The Morgan fingerprint density at radius 1 is 1.45 bits per heavy atom. The average Bonchev–Trinajstić information content (AvgIpc) is 2.37. The smallest absolute Gasteiger partial charge is 0.156 e. The van der Waals surface area contributed by atoms with Crippen LogP contribution in [0.15, 0.2) is 0 Å². The molecule has 0 amide bonds. The number of ether oxygens (including phenoxy) is 1. The fraction of sp³-hybridized carbons (Fsp3) is 1.00. The highest BCUT2D eigenvalue weighted by atomic mass is 32.2. The van der Waals surface area contributed by atoms with Gasteiger partial charge >= 0.3 is 0 Å². The van der Waals surface area contributed by atoms with Gasteiger partial charge in [0.2, 0.25) is 0 Å². The van der Waals surface area contributed by atoms with E-state index in [2.05, 4.69) is 0 Å². The van der Waals surface area contributed by atoms with Gasteiger partial charge in [0.1, 0.15) is 0 Å². The van der Waals surface area contributed by atoms with Crippen molar-refractivity contribution in [2.24, 2.45) is 5.92 Å². The van der Waals surface area contributed by atoms with E-state index < -0.39 is 9.84 Å². The SMILES string of the molecule is CC1CS(=O)(=O)C2CCOC12. The molecule has 0 aromatic rings. The number of fused-ring (bicyclic) bond motifs is 1. The summed E-state index contributed by atoms with van der Waals surface area (Å²) in [5.74, 6) is 0.523. The lowest BCUT2D eigenvalue weighted by Crippen LogP contribution is -2.22. The molecule has 64 valence electrons. The molecule has 3 unspecified atom stereocenters. The molecule has 0 N–H and O–H groups in total. The molecule has 2 aliphatic rings. The van der Waals surface area contributed by atoms with E-state index in [1.165, 1.54) is 0 Å². The van der Waals surface area contributed by atoms with Crippen molar-refractivity contribution in [3.8, 4) is 0 Å². The molecule has 2 fully saturated rings. The Labute approximate surface area is 66.7 Å². The highest BCUT2D eigenvalue weighted by Gasteiger charge is 2.48. The van der Waals surface area contributed by atoms with Gasteiger partial charge in [-0.1, -0.05) is 6.92 Å². The summed E-state index contributed by atoms with van der Waals surface area (Å²) in [4.78, 5) is 0. The van der Waals surface area contributed by atoms with Gasteiger partial charge in [0.15, 0.2) is 9.84 Å². The van der Waals surface area contributed by atoms with Crippen molar-refractivity contribution in [1.29, 1.82) is 0 Å². The van der Waals surface area contributed by atoms with E-state index >= 15 is 0 Å². The van der Waals surface area contributed by atoms with Crippen molar-refractivity contribution >= 4 is 9.84 Å². The van der Waals surface area contributed by atoms with E-state index in [1.54, 1.807) is 0 Å².